The molecule has 0 bridgehead atoms. The smallest absolute Gasteiger partial charge is 0.337 e. The van der Waals surface area contributed by atoms with Crippen molar-refractivity contribution in [1.82, 2.24) is 0 Å². The van der Waals surface area contributed by atoms with E-state index in [1.165, 1.54) is 6.07 Å². The first kappa shape index (κ1) is 14.8. The first-order valence-corrected chi connectivity index (χ1v) is 6.60. The number of anilines is 2. The first-order chi connectivity index (χ1) is 8.75. The minimum Gasteiger partial charge on any atom is -0.478 e. The number of carboxylic acid groups (broad SMARTS) is 1. The zero-order valence-corrected chi connectivity index (χ0v) is 10.7. The Morgan fingerprint density at radius 1 is 1.42 bits per heavy atom. The first-order valence-electron chi connectivity index (χ1n) is 4.95. The van der Waals surface area contributed by atoms with Crippen molar-refractivity contribution in [1.29, 1.82) is 0 Å². The maximum Gasteiger partial charge on any atom is 0.337 e. The fourth-order valence-electron chi connectivity index (χ4n) is 1.25. The highest BCUT2D eigenvalue weighted by atomic mass is 32.2. The van der Waals surface area contributed by atoms with Crippen LogP contribution in [0.3, 0.4) is 0 Å². The number of nitrogen functional groups attached to an aromatic ring is 1. The largest absolute Gasteiger partial charge is 0.478 e. The van der Waals surface area contributed by atoms with Gasteiger partial charge in [0.1, 0.15) is 0 Å². The van der Waals surface area contributed by atoms with Crippen molar-refractivity contribution in [3.05, 3.63) is 23.8 Å². The van der Waals surface area contributed by atoms with Crippen LogP contribution in [0, 0.1) is 0 Å². The molecule has 0 radical (unpaired) electrons. The molecule has 1 rings (SSSR count). The standard InChI is InChI=1S/C10H12N2O6S/c1-18-9(13)5-19(16,17)12-8-4-6(11)2-3-7(8)10(14)15/h2-4,12H,5,11H2,1H3,(H,14,15). The zero-order valence-electron chi connectivity index (χ0n) is 9.91. The maximum atomic E-state index is 11.6. The number of esters is 1. The predicted molar refractivity (Wildman–Crippen MR) is 67.2 cm³/mol. The molecule has 104 valence electrons. The number of sulfonamides is 1. The molecule has 9 heteroatoms. The molecule has 0 aromatic heterocycles. The molecule has 0 fully saturated rings. The van der Waals surface area contributed by atoms with Crippen LogP contribution in [-0.2, 0) is 19.6 Å². The quantitative estimate of drug-likeness (QED) is 0.507. The fourth-order valence-corrected chi connectivity index (χ4v) is 2.25. The molecule has 0 aliphatic carbocycles. The molecule has 8 nitrogen and oxygen atoms in total. The Balaban J connectivity index is 3.08. The van der Waals surface area contributed by atoms with E-state index in [1.54, 1.807) is 0 Å². The number of carbonyl (C=O) groups is 2. The van der Waals surface area contributed by atoms with E-state index in [4.69, 9.17) is 10.8 Å². The lowest BCUT2D eigenvalue weighted by atomic mass is 10.1. The van der Waals surface area contributed by atoms with Gasteiger partial charge in [0, 0.05) is 5.69 Å². The van der Waals surface area contributed by atoms with Gasteiger partial charge in [-0.15, -0.1) is 0 Å². The number of nitrogens with one attached hydrogen (secondary N) is 1. The summed E-state index contributed by atoms with van der Waals surface area (Å²) in [6.45, 7) is 0. The lowest BCUT2D eigenvalue weighted by Crippen LogP contribution is -2.24. The molecule has 0 saturated heterocycles. The van der Waals surface area contributed by atoms with Crippen molar-refractivity contribution < 1.29 is 27.9 Å². The second-order valence-electron chi connectivity index (χ2n) is 3.55. The van der Waals surface area contributed by atoms with Gasteiger partial charge in [0.05, 0.1) is 18.4 Å². The topological polar surface area (TPSA) is 136 Å². The highest BCUT2D eigenvalue weighted by molar-refractivity contribution is 7.93. The minimum atomic E-state index is -4.06. The van der Waals surface area contributed by atoms with Crippen LogP contribution < -0.4 is 10.5 Å². The molecule has 0 atom stereocenters. The van der Waals surface area contributed by atoms with E-state index in [2.05, 4.69) is 4.74 Å². The van der Waals surface area contributed by atoms with Gasteiger partial charge < -0.3 is 15.6 Å². The Bertz CT molecular complexity index is 610. The molecule has 0 amide bonds. The van der Waals surface area contributed by atoms with Crippen LogP contribution >= 0.6 is 0 Å². The van der Waals surface area contributed by atoms with Crippen molar-refractivity contribution in [2.45, 2.75) is 0 Å². The summed E-state index contributed by atoms with van der Waals surface area (Å²) in [4.78, 5) is 21.9. The summed E-state index contributed by atoms with van der Waals surface area (Å²) in [5, 5.41) is 8.91. The molecule has 0 saturated carbocycles. The third-order valence-corrected chi connectivity index (χ3v) is 3.22. The second-order valence-corrected chi connectivity index (χ2v) is 5.27. The van der Waals surface area contributed by atoms with Gasteiger partial charge in [-0.25, -0.2) is 13.2 Å². The van der Waals surface area contributed by atoms with Crippen molar-refractivity contribution >= 4 is 33.3 Å². The van der Waals surface area contributed by atoms with Gasteiger partial charge >= 0.3 is 11.9 Å². The Morgan fingerprint density at radius 3 is 2.58 bits per heavy atom. The molecule has 0 aliphatic rings. The molecule has 4 N–H and O–H groups in total. The van der Waals surface area contributed by atoms with E-state index < -0.39 is 27.7 Å². The number of rotatable bonds is 5. The number of nitrogens with two attached hydrogens (primary N) is 1. The summed E-state index contributed by atoms with van der Waals surface area (Å²) < 4.78 is 29.4. The third-order valence-electron chi connectivity index (χ3n) is 2.08. The molecule has 0 heterocycles. The highest BCUT2D eigenvalue weighted by Crippen LogP contribution is 2.20. The average Bonchev–Trinajstić information content (AvgIpc) is 2.27. The van der Waals surface area contributed by atoms with Crippen LogP contribution in [0.4, 0.5) is 11.4 Å². The number of hydrogen-bond donors (Lipinski definition) is 3. The van der Waals surface area contributed by atoms with Crippen LogP contribution in [0.2, 0.25) is 0 Å². The maximum absolute atomic E-state index is 11.6. The fraction of sp³-hybridized carbons (Fsp3) is 0.200. The van der Waals surface area contributed by atoms with Crippen LogP contribution in [-0.4, -0.2) is 38.3 Å². The van der Waals surface area contributed by atoms with Crippen molar-refractivity contribution in [2.24, 2.45) is 0 Å². The number of hydrogen-bond acceptors (Lipinski definition) is 6. The minimum absolute atomic E-state index is 0.181. The van der Waals surface area contributed by atoms with Crippen molar-refractivity contribution in [3.8, 4) is 0 Å². The molecule has 1 aromatic rings. The van der Waals surface area contributed by atoms with E-state index in [0.29, 0.717) is 0 Å². The van der Waals surface area contributed by atoms with Crippen LogP contribution in [0.1, 0.15) is 10.4 Å². The summed E-state index contributed by atoms with van der Waals surface area (Å²) in [5.74, 6) is -3.21. The third kappa shape index (κ3) is 4.14. The Kier molecular flexibility index (Phi) is 4.33. The zero-order chi connectivity index (χ0) is 14.6. The monoisotopic (exact) mass is 288 g/mol. The molecule has 0 spiro atoms. The van der Waals surface area contributed by atoms with Crippen LogP contribution in [0.5, 0.6) is 0 Å². The number of ether oxygens (including phenoxy) is 1. The number of carbonyl (C=O) groups excluding carboxylic acids is 1. The Hall–Kier alpha value is -2.29. The lowest BCUT2D eigenvalue weighted by Gasteiger charge is -2.10. The number of methoxy groups -OCH3 is 1. The Labute approximate surface area is 109 Å². The summed E-state index contributed by atoms with van der Waals surface area (Å²) >= 11 is 0. The van der Waals surface area contributed by atoms with Crippen molar-refractivity contribution in [3.63, 3.8) is 0 Å². The van der Waals surface area contributed by atoms with Gasteiger partial charge in [0.2, 0.25) is 10.0 Å². The SMILES string of the molecule is COC(=O)CS(=O)(=O)Nc1cc(N)ccc1C(=O)O. The number of aromatic carboxylic acids is 1. The van der Waals surface area contributed by atoms with Gasteiger partial charge in [-0.3, -0.25) is 9.52 Å². The summed E-state index contributed by atoms with van der Waals surface area (Å²) in [6, 6.07) is 3.63. The van der Waals surface area contributed by atoms with E-state index in [1.807, 2.05) is 4.72 Å². The number of benzene rings is 1. The van der Waals surface area contributed by atoms with Crippen molar-refractivity contribution in [2.75, 3.05) is 23.3 Å². The summed E-state index contributed by atoms with van der Waals surface area (Å²) in [5.41, 5.74) is 5.15. The van der Waals surface area contributed by atoms with Crippen LogP contribution in [0.25, 0.3) is 0 Å². The van der Waals surface area contributed by atoms with E-state index in [9.17, 15) is 18.0 Å². The van der Waals surface area contributed by atoms with E-state index in [-0.39, 0.29) is 16.9 Å². The molecular weight excluding hydrogens is 276 g/mol. The molecule has 1 aromatic carbocycles. The molecule has 0 unspecified atom stereocenters. The van der Waals surface area contributed by atoms with Crippen LogP contribution in [0.15, 0.2) is 18.2 Å². The second kappa shape index (κ2) is 5.57. The molecule has 19 heavy (non-hydrogen) atoms. The Morgan fingerprint density at radius 2 is 2.05 bits per heavy atom. The highest BCUT2D eigenvalue weighted by Gasteiger charge is 2.20. The van der Waals surface area contributed by atoms with Gasteiger partial charge in [-0.2, -0.15) is 0 Å². The lowest BCUT2D eigenvalue weighted by molar-refractivity contribution is -0.137. The normalized spacial score (nSPS) is 10.8. The molecular formula is C10H12N2O6S. The van der Waals surface area contributed by atoms with E-state index >= 15 is 0 Å². The predicted octanol–water partition coefficient (Wildman–Crippen LogP) is -0.118. The van der Waals surface area contributed by atoms with Gasteiger partial charge in [0.25, 0.3) is 0 Å². The van der Waals surface area contributed by atoms with Gasteiger partial charge in [-0.05, 0) is 18.2 Å². The molecule has 0 aliphatic heterocycles. The van der Waals surface area contributed by atoms with E-state index in [0.717, 1.165) is 19.2 Å². The average molecular weight is 288 g/mol. The van der Waals surface area contributed by atoms with Gasteiger partial charge in [0.15, 0.2) is 5.75 Å². The summed E-state index contributed by atoms with van der Waals surface area (Å²) in [6.07, 6.45) is 0. The number of carboxylic acids is 1. The van der Waals surface area contributed by atoms with Gasteiger partial charge in [-0.1, -0.05) is 0 Å². The summed E-state index contributed by atoms with van der Waals surface area (Å²) in [7, 11) is -3.02.